The van der Waals surface area contributed by atoms with Gasteiger partial charge in [-0.05, 0) is 91.8 Å². The minimum atomic E-state index is -1.50. The van der Waals surface area contributed by atoms with E-state index in [2.05, 4.69) is 47.8 Å². The standard InChI is InChI=1S/C33H43ClN2O4S/c1-5-7-23-16-27(34)12-14-28(23)26-19-36-18-25-10-13-29(25)31(39-4)9-6-8-21(2)22(3)41(38)35-33(37)24-11-15-32(40-20-26)30(36)17-24/h6,9,11-12,14-17,21-22,25-26,29,31H,5,7-8,10,13,18-20H2,1-4H3,(H,35,37)/b9-6+/t21-,22?,25?,26?,29?,31?,41?/m0/s1. The zero-order chi connectivity index (χ0) is 29.1. The van der Waals surface area contributed by atoms with E-state index in [9.17, 15) is 9.00 Å². The third-order valence-electron chi connectivity index (χ3n) is 9.30. The van der Waals surface area contributed by atoms with Gasteiger partial charge in [0.1, 0.15) is 16.7 Å². The number of anilines is 1. The van der Waals surface area contributed by atoms with Gasteiger partial charge in [-0.3, -0.25) is 9.52 Å². The number of aryl methyl sites for hydroxylation is 1. The lowest BCUT2D eigenvalue weighted by Crippen LogP contribution is -2.44. The fraction of sp³-hybridized carbons (Fsp3) is 0.545. The zero-order valence-corrected chi connectivity index (χ0v) is 26.2. The molecule has 0 saturated heterocycles. The number of nitrogens with one attached hydrogen (secondary N) is 1. The van der Waals surface area contributed by atoms with Crippen LogP contribution in [0.2, 0.25) is 5.02 Å². The van der Waals surface area contributed by atoms with Crippen LogP contribution in [-0.4, -0.2) is 48.3 Å². The predicted octanol–water partition coefficient (Wildman–Crippen LogP) is 6.69. The van der Waals surface area contributed by atoms with Crippen molar-refractivity contribution in [2.24, 2.45) is 17.8 Å². The molecule has 2 aliphatic heterocycles. The summed E-state index contributed by atoms with van der Waals surface area (Å²) in [6, 6.07) is 11.8. The Morgan fingerprint density at radius 1 is 1.15 bits per heavy atom. The molecule has 2 aromatic rings. The Morgan fingerprint density at radius 2 is 1.98 bits per heavy atom. The van der Waals surface area contributed by atoms with E-state index in [-0.39, 0.29) is 29.1 Å². The van der Waals surface area contributed by atoms with Gasteiger partial charge in [-0.25, -0.2) is 4.21 Å². The van der Waals surface area contributed by atoms with E-state index in [1.165, 1.54) is 11.1 Å². The maximum atomic E-state index is 13.3. The van der Waals surface area contributed by atoms with Gasteiger partial charge in [0.05, 0.1) is 23.6 Å². The lowest BCUT2D eigenvalue weighted by Gasteiger charge is -2.43. The first-order chi connectivity index (χ1) is 19.8. The average molecular weight is 599 g/mol. The van der Waals surface area contributed by atoms with Crippen molar-refractivity contribution in [1.29, 1.82) is 0 Å². The van der Waals surface area contributed by atoms with Crippen LogP contribution in [0, 0.1) is 17.8 Å². The summed E-state index contributed by atoms with van der Waals surface area (Å²) in [7, 11) is 0.296. The van der Waals surface area contributed by atoms with Gasteiger partial charge in [0.2, 0.25) is 0 Å². The second-order valence-electron chi connectivity index (χ2n) is 12.0. The molecule has 6 nitrogen and oxygen atoms in total. The summed E-state index contributed by atoms with van der Waals surface area (Å²) in [6.45, 7) is 8.37. The van der Waals surface area contributed by atoms with Crippen molar-refractivity contribution in [3.05, 3.63) is 70.3 Å². The van der Waals surface area contributed by atoms with Gasteiger partial charge in [-0.15, -0.1) is 0 Å². The minimum Gasteiger partial charge on any atom is -0.491 e. The Balaban J connectivity index is 1.53. The van der Waals surface area contributed by atoms with Crippen LogP contribution >= 0.6 is 11.6 Å². The van der Waals surface area contributed by atoms with Crippen molar-refractivity contribution >= 4 is 34.2 Å². The summed E-state index contributed by atoms with van der Waals surface area (Å²) in [5.74, 6) is 1.64. The number of carbonyl (C=O) groups is 1. The molecule has 6 unspecified atom stereocenters. The maximum absolute atomic E-state index is 13.3. The lowest BCUT2D eigenvalue weighted by molar-refractivity contribution is 0.0134. The quantitative estimate of drug-likeness (QED) is 0.397. The van der Waals surface area contributed by atoms with Gasteiger partial charge >= 0.3 is 0 Å². The number of halogens is 1. The van der Waals surface area contributed by atoms with E-state index in [0.717, 1.165) is 61.7 Å². The molecule has 2 bridgehead atoms. The molecule has 2 aromatic carbocycles. The molecule has 3 aliphatic rings. The van der Waals surface area contributed by atoms with Crippen LogP contribution in [0.1, 0.15) is 73.9 Å². The summed E-state index contributed by atoms with van der Waals surface area (Å²) in [4.78, 5) is 15.7. The Kier molecular flexibility index (Phi) is 9.77. The van der Waals surface area contributed by atoms with Crippen molar-refractivity contribution in [2.75, 3.05) is 31.7 Å². The first kappa shape index (κ1) is 30.1. The molecule has 2 heterocycles. The molecular weight excluding hydrogens is 556 g/mol. The van der Waals surface area contributed by atoms with Gasteiger partial charge < -0.3 is 14.4 Å². The minimum absolute atomic E-state index is 0.0478. The van der Waals surface area contributed by atoms with Gasteiger partial charge in [-0.1, -0.05) is 50.1 Å². The summed E-state index contributed by atoms with van der Waals surface area (Å²) >= 11 is 6.40. The second-order valence-corrected chi connectivity index (χ2v) is 13.9. The molecule has 1 amide bonds. The number of carbonyl (C=O) groups excluding carboxylic acids is 1. The van der Waals surface area contributed by atoms with Crippen LogP contribution < -0.4 is 14.4 Å². The predicted molar refractivity (Wildman–Crippen MR) is 167 cm³/mol. The number of fused-ring (bicyclic) bond motifs is 2. The number of nitrogens with zero attached hydrogens (tertiary/aromatic N) is 1. The van der Waals surface area contributed by atoms with Crippen LogP contribution in [0.15, 0.2) is 48.6 Å². The number of allylic oxidation sites excluding steroid dienone is 1. The Labute approximate surface area is 252 Å². The number of amides is 1. The topological polar surface area (TPSA) is 67.9 Å². The van der Waals surface area contributed by atoms with E-state index in [1.807, 2.05) is 25.1 Å². The SMILES string of the molecule is CCCc1cc(Cl)ccc1C1COc2ccc3cc2N(C1)CC1CCC1C(OC)/C=C/C[C@H](C)C(C)S(=O)NC3=O. The third kappa shape index (κ3) is 6.68. The van der Waals surface area contributed by atoms with E-state index in [0.29, 0.717) is 24.0 Å². The first-order valence-electron chi connectivity index (χ1n) is 15.0. The number of hydrogen-bond acceptors (Lipinski definition) is 5. The Hall–Kier alpha value is -2.35. The highest BCUT2D eigenvalue weighted by Gasteiger charge is 2.39. The fourth-order valence-electron chi connectivity index (χ4n) is 6.46. The van der Waals surface area contributed by atoms with E-state index >= 15 is 0 Å². The number of hydrogen-bond donors (Lipinski definition) is 1. The second kappa shape index (κ2) is 13.3. The molecule has 222 valence electrons. The zero-order valence-electron chi connectivity index (χ0n) is 24.6. The van der Waals surface area contributed by atoms with Crippen molar-refractivity contribution in [2.45, 2.75) is 70.1 Å². The third-order valence-corrected chi connectivity index (χ3v) is 11.1. The maximum Gasteiger partial charge on any atom is 0.263 e. The van der Waals surface area contributed by atoms with Crippen molar-refractivity contribution in [3.63, 3.8) is 0 Å². The highest BCUT2D eigenvalue weighted by molar-refractivity contribution is 7.84. The van der Waals surface area contributed by atoms with E-state index in [1.54, 1.807) is 13.2 Å². The summed E-state index contributed by atoms with van der Waals surface area (Å²) in [5, 5.41) is 0.569. The van der Waals surface area contributed by atoms with E-state index < -0.39 is 11.0 Å². The molecule has 0 radical (unpaired) electrons. The normalized spacial score (nSPS) is 31.2. The number of ether oxygens (including phenoxy) is 2. The van der Waals surface area contributed by atoms with Gasteiger partial charge in [0.25, 0.3) is 5.91 Å². The number of benzene rings is 2. The van der Waals surface area contributed by atoms with Gasteiger partial charge in [-0.2, -0.15) is 0 Å². The van der Waals surface area contributed by atoms with Crippen LogP contribution in [-0.2, 0) is 22.1 Å². The smallest absolute Gasteiger partial charge is 0.263 e. The molecule has 0 aromatic heterocycles. The van der Waals surface area contributed by atoms with Crippen molar-refractivity contribution in [3.8, 4) is 5.75 Å². The highest BCUT2D eigenvalue weighted by Crippen LogP contribution is 2.43. The molecule has 7 atom stereocenters. The van der Waals surface area contributed by atoms with Crippen LogP contribution in [0.5, 0.6) is 5.75 Å². The monoisotopic (exact) mass is 598 g/mol. The molecular formula is C33H43ClN2O4S. The Bertz CT molecular complexity index is 1300. The van der Waals surface area contributed by atoms with Gasteiger partial charge in [0, 0.05) is 36.7 Å². The largest absolute Gasteiger partial charge is 0.491 e. The van der Waals surface area contributed by atoms with Crippen LogP contribution in [0.4, 0.5) is 5.69 Å². The van der Waals surface area contributed by atoms with Gasteiger partial charge in [0.15, 0.2) is 0 Å². The van der Waals surface area contributed by atoms with E-state index in [4.69, 9.17) is 21.1 Å². The average Bonchev–Trinajstić information content (AvgIpc) is 3.13. The highest BCUT2D eigenvalue weighted by atomic mass is 35.5. The van der Waals surface area contributed by atoms with Crippen molar-refractivity contribution in [1.82, 2.24) is 4.72 Å². The molecule has 8 heteroatoms. The number of rotatable bonds is 4. The molecule has 1 saturated carbocycles. The molecule has 1 aliphatic carbocycles. The summed E-state index contributed by atoms with van der Waals surface area (Å²) < 4.78 is 28.3. The molecule has 1 N–H and O–H groups in total. The summed E-state index contributed by atoms with van der Waals surface area (Å²) in [5.41, 5.74) is 3.95. The number of methoxy groups -OCH3 is 1. The lowest BCUT2D eigenvalue weighted by atomic mass is 9.70. The molecule has 41 heavy (non-hydrogen) atoms. The fourth-order valence-corrected chi connectivity index (χ4v) is 7.68. The molecule has 5 rings (SSSR count). The Morgan fingerprint density at radius 3 is 2.71 bits per heavy atom. The van der Waals surface area contributed by atoms with Crippen LogP contribution in [0.3, 0.4) is 0 Å². The molecule has 0 spiro atoms. The van der Waals surface area contributed by atoms with Crippen molar-refractivity contribution < 1.29 is 18.5 Å². The van der Waals surface area contributed by atoms with Crippen LogP contribution in [0.25, 0.3) is 0 Å². The molecule has 1 fully saturated rings. The first-order valence-corrected chi connectivity index (χ1v) is 16.6. The summed E-state index contributed by atoms with van der Waals surface area (Å²) in [6.07, 6.45) is 9.47.